The van der Waals surface area contributed by atoms with Gasteiger partial charge in [-0.15, -0.1) is 0 Å². The number of benzene rings is 1. The Morgan fingerprint density at radius 3 is 2.82 bits per heavy atom. The zero-order valence-electron chi connectivity index (χ0n) is 13.1. The summed E-state index contributed by atoms with van der Waals surface area (Å²) in [6, 6.07) is 5.29. The molecule has 1 N–H and O–H groups in total. The summed E-state index contributed by atoms with van der Waals surface area (Å²) in [6.45, 7) is 6.14. The van der Waals surface area contributed by atoms with Gasteiger partial charge < -0.3 is 15.0 Å². The van der Waals surface area contributed by atoms with Crippen molar-refractivity contribution in [1.82, 2.24) is 5.32 Å². The van der Waals surface area contributed by atoms with Gasteiger partial charge in [0.1, 0.15) is 11.9 Å². The van der Waals surface area contributed by atoms with E-state index in [-0.39, 0.29) is 36.8 Å². The fraction of sp³-hybridized carbons (Fsp3) is 0.500. The van der Waals surface area contributed by atoms with Crippen LogP contribution in [0.3, 0.4) is 0 Å². The fourth-order valence-electron chi connectivity index (χ4n) is 2.40. The highest BCUT2D eigenvalue weighted by Gasteiger charge is 2.27. The minimum absolute atomic E-state index is 0.0746. The van der Waals surface area contributed by atoms with Crippen molar-refractivity contribution in [2.45, 2.75) is 45.8 Å². The maximum absolute atomic E-state index is 12.5. The molecule has 0 saturated carbocycles. The van der Waals surface area contributed by atoms with Crippen molar-refractivity contribution in [3.63, 3.8) is 0 Å². The Morgan fingerprint density at radius 2 is 2.14 bits per heavy atom. The SMILES string of the molecule is CC(C)NC(=O)CCC(=O)N1CC(C)Oc2ccc(Cl)cc21. The Kier molecular flexibility index (Phi) is 5.29. The summed E-state index contributed by atoms with van der Waals surface area (Å²) in [7, 11) is 0. The van der Waals surface area contributed by atoms with Crippen molar-refractivity contribution in [3.8, 4) is 5.75 Å². The first-order chi connectivity index (χ1) is 10.4. The van der Waals surface area contributed by atoms with Crippen LogP contribution in [0, 0.1) is 0 Å². The van der Waals surface area contributed by atoms with Gasteiger partial charge in [0.05, 0.1) is 12.2 Å². The summed E-state index contributed by atoms with van der Waals surface area (Å²) >= 11 is 6.01. The van der Waals surface area contributed by atoms with Crippen molar-refractivity contribution >= 4 is 29.1 Å². The second-order valence-electron chi connectivity index (χ2n) is 5.77. The van der Waals surface area contributed by atoms with Crippen LogP contribution in [0.25, 0.3) is 0 Å². The monoisotopic (exact) mass is 324 g/mol. The van der Waals surface area contributed by atoms with Gasteiger partial charge >= 0.3 is 0 Å². The van der Waals surface area contributed by atoms with Crippen LogP contribution in [-0.4, -0.2) is 30.5 Å². The van der Waals surface area contributed by atoms with Gasteiger partial charge in [0, 0.05) is 23.9 Å². The second-order valence-corrected chi connectivity index (χ2v) is 6.20. The van der Waals surface area contributed by atoms with Gasteiger partial charge in [0.15, 0.2) is 0 Å². The molecule has 120 valence electrons. The number of carbonyl (C=O) groups is 2. The van der Waals surface area contributed by atoms with Crippen molar-refractivity contribution in [3.05, 3.63) is 23.2 Å². The smallest absolute Gasteiger partial charge is 0.227 e. The third-order valence-electron chi connectivity index (χ3n) is 3.30. The quantitative estimate of drug-likeness (QED) is 0.926. The van der Waals surface area contributed by atoms with Crippen molar-refractivity contribution in [1.29, 1.82) is 0 Å². The highest BCUT2D eigenvalue weighted by Crippen LogP contribution is 2.36. The summed E-state index contributed by atoms with van der Waals surface area (Å²) in [6.07, 6.45) is 0.248. The lowest BCUT2D eigenvalue weighted by molar-refractivity contribution is -0.125. The van der Waals surface area contributed by atoms with Crippen molar-refractivity contribution < 1.29 is 14.3 Å². The predicted molar refractivity (Wildman–Crippen MR) is 86.4 cm³/mol. The number of anilines is 1. The van der Waals surface area contributed by atoms with Crippen LogP contribution in [0.2, 0.25) is 5.02 Å². The normalized spacial score (nSPS) is 17.0. The minimum atomic E-state index is -0.115. The van der Waals surface area contributed by atoms with E-state index in [4.69, 9.17) is 16.3 Å². The number of carbonyl (C=O) groups excluding carboxylic acids is 2. The number of nitrogens with zero attached hydrogens (tertiary/aromatic N) is 1. The number of hydrogen-bond donors (Lipinski definition) is 1. The van der Waals surface area contributed by atoms with Gasteiger partial charge in [-0.2, -0.15) is 0 Å². The van der Waals surface area contributed by atoms with E-state index < -0.39 is 0 Å². The maximum Gasteiger partial charge on any atom is 0.227 e. The zero-order valence-corrected chi connectivity index (χ0v) is 13.8. The summed E-state index contributed by atoms with van der Waals surface area (Å²) in [4.78, 5) is 25.8. The van der Waals surface area contributed by atoms with Gasteiger partial charge in [0.2, 0.25) is 11.8 Å². The number of hydrogen-bond acceptors (Lipinski definition) is 3. The molecule has 1 unspecified atom stereocenters. The largest absolute Gasteiger partial charge is 0.487 e. The Labute approximate surface area is 135 Å². The van der Waals surface area contributed by atoms with Crippen LogP contribution in [-0.2, 0) is 9.59 Å². The van der Waals surface area contributed by atoms with Gasteiger partial charge in [-0.3, -0.25) is 9.59 Å². The lowest BCUT2D eigenvalue weighted by atomic mass is 10.1. The van der Waals surface area contributed by atoms with Gasteiger partial charge in [-0.1, -0.05) is 11.6 Å². The van der Waals surface area contributed by atoms with Crippen LogP contribution in [0.5, 0.6) is 5.75 Å². The molecule has 1 aromatic carbocycles. The summed E-state index contributed by atoms with van der Waals surface area (Å²) < 4.78 is 5.71. The number of nitrogens with one attached hydrogen (secondary N) is 1. The molecule has 0 fully saturated rings. The van der Waals surface area contributed by atoms with E-state index in [0.29, 0.717) is 23.0 Å². The lowest BCUT2D eigenvalue weighted by Gasteiger charge is -2.33. The molecule has 1 aliphatic rings. The fourth-order valence-corrected chi connectivity index (χ4v) is 2.56. The standard InChI is InChI=1S/C16H21ClN2O3/c1-10(2)18-15(20)6-7-16(21)19-9-11(3)22-14-5-4-12(17)8-13(14)19/h4-5,8,10-11H,6-7,9H2,1-3H3,(H,18,20). The first kappa shape index (κ1) is 16.6. The Morgan fingerprint density at radius 1 is 1.41 bits per heavy atom. The van der Waals surface area contributed by atoms with Crippen LogP contribution in [0.1, 0.15) is 33.6 Å². The van der Waals surface area contributed by atoms with E-state index in [1.165, 1.54) is 0 Å². The van der Waals surface area contributed by atoms with Gasteiger partial charge in [0.25, 0.3) is 0 Å². The van der Waals surface area contributed by atoms with Crippen molar-refractivity contribution in [2.75, 3.05) is 11.4 Å². The number of ether oxygens (including phenoxy) is 1. The average molecular weight is 325 g/mol. The number of rotatable bonds is 4. The van der Waals surface area contributed by atoms with E-state index in [0.717, 1.165) is 0 Å². The predicted octanol–water partition coefficient (Wildman–Crippen LogP) is 2.76. The molecule has 0 aromatic heterocycles. The highest BCUT2D eigenvalue weighted by atomic mass is 35.5. The summed E-state index contributed by atoms with van der Waals surface area (Å²) in [5.74, 6) is 0.427. The van der Waals surface area contributed by atoms with E-state index in [1.807, 2.05) is 20.8 Å². The molecule has 22 heavy (non-hydrogen) atoms. The molecule has 2 rings (SSSR count). The molecule has 0 bridgehead atoms. The molecule has 1 aliphatic heterocycles. The molecule has 0 saturated heterocycles. The van der Waals surface area contributed by atoms with E-state index in [9.17, 15) is 9.59 Å². The number of halogens is 1. The van der Waals surface area contributed by atoms with E-state index in [1.54, 1.807) is 23.1 Å². The molecule has 1 heterocycles. The molecule has 1 aromatic rings. The molecule has 0 spiro atoms. The molecule has 0 aliphatic carbocycles. The minimum Gasteiger partial charge on any atom is -0.487 e. The zero-order chi connectivity index (χ0) is 16.3. The van der Waals surface area contributed by atoms with E-state index >= 15 is 0 Å². The Hall–Kier alpha value is -1.75. The Balaban J connectivity index is 2.07. The van der Waals surface area contributed by atoms with Crippen molar-refractivity contribution in [2.24, 2.45) is 0 Å². The summed E-state index contributed by atoms with van der Waals surface area (Å²) in [5, 5.41) is 3.33. The summed E-state index contributed by atoms with van der Waals surface area (Å²) in [5.41, 5.74) is 0.667. The second kappa shape index (κ2) is 7.01. The highest BCUT2D eigenvalue weighted by molar-refractivity contribution is 6.31. The number of fused-ring (bicyclic) bond motifs is 1. The van der Waals surface area contributed by atoms with E-state index in [2.05, 4.69) is 5.32 Å². The van der Waals surface area contributed by atoms with Crippen LogP contribution in [0.15, 0.2) is 18.2 Å². The average Bonchev–Trinajstić information content (AvgIpc) is 2.43. The van der Waals surface area contributed by atoms with Gasteiger partial charge in [-0.05, 0) is 39.0 Å². The molecule has 6 heteroatoms. The topological polar surface area (TPSA) is 58.6 Å². The third kappa shape index (κ3) is 4.13. The third-order valence-corrected chi connectivity index (χ3v) is 3.53. The number of amides is 2. The Bertz CT molecular complexity index is 575. The maximum atomic E-state index is 12.5. The molecule has 1 atom stereocenters. The van der Waals surface area contributed by atoms with Crippen LogP contribution >= 0.6 is 11.6 Å². The molecule has 2 amide bonds. The lowest BCUT2D eigenvalue weighted by Crippen LogP contribution is -2.42. The first-order valence-electron chi connectivity index (χ1n) is 7.42. The van der Waals surface area contributed by atoms with Gasteiger partial charge in [-0.25, -0.2) is 0 Å². The van der Waals surface area contributed by atoms with Crippen LogP contribution in [0.4, 0.5) is 5.69 Å². The molecular formula is C16H21ClN2O3. The molecular weight excluding hydrogens is 304 g/mol. The van der Waals surface area contributed by atoms with Crippen LogP contribution < -0.4 is 15.0 Å². The molecule has 5 nitrogen and oxygen atoms in total. The molecule has 0 radical (unpaired) electrons. The first-order valence-corrected chi connectivity index (χ1v) is 7.80.